The zero-order valence-corrected chi connectivity index (χ0v) is 18.7. The Labute approximate surface area is 187 Å². The first-order valence-corrected chi connectivity index (χ1v) is 10.7. The van der Waals surface area contributed by atoms with E-state index < -0.39 is 0 Å². The van der Waals surface area contributed by atoms with Crippen LogP contribution in [0.2, 0.25) is 0 Å². The number of aromatic amines is 1. The van der Waals surface area contributed by atoms with E-state index in [9.17, 15) is 9.59 Å². The van der Waals surface area contributed by atoms with Gasteiger partial charge in [-0.05, 0) is 28.3 Å². The van der Waals surface area contributed by atoms with E-state index in [4.69, 9.17) is 0 Å². The molecule has 3 aromatic rings. The van der Waals surface area contributed by atoms with Gasteiger partial charge < -0.3 is 15.1 Å². The van der Waals surface area contributed by atoms with Crippen molar-refractivity contribution in [1.82, 2.24) is 35.7 Å². The summed E-state index contributed by atoms with van der Waals surface area (Å²) in [7, 11) is 3.21. The van der Waals surface area contributed by atoms with E-state index in [-0.39, 0.29) is 18.5 Å². The monoisotopic (exact) mass is 435 g/mol. The maximum atomic E-state index is 12.9. The number of nitrogens with one attached hydrogen (secondary N) is 2. The summed E-state index contributed by atoms with van der Waals surface area (Å²) in [5, 5.41) is 16.9. The van der Waals surface area contributed by atoms with Crippen LogP contribution in [0.1, 0.15) is 25.3 Å². The predicted octanol–water partition coefficient (Wildman–Crippen LogP) is 2.93. The molecule has 0 saturated carbocycles. The van der Waals surface area contributed by atoms with Crippen molar-refractivity contribution in [1.29, 1.82) is 0 Å². The summed E-state index contributed by atoms with van der Waals surface area (Å²) in [5.41, 5.74) is 3.94. The molecule has 0 fully saturated rings. The summed E-state index contributed by atoms with van der Waals surface area (Å²) in [5.74, 6) is 0.348. The number of unbranched alkanes of at least 4 members (excludes halogenated alkanes) is 1. The normalized spacial score (nSPS) is 10.6. The minimum Gasteiger partial charge on any atom is -0.358 e. The lowest BCUT2D eigenvalue weighted by atomic mass is 9.98. The number of carbonyl (C=O) groups excluding carboxylic acids is 2. The van der Waals surface area contributed by atoms with E-state index in [0.29, 0.717) is 18.9 Å². The molecule has 0 aliphatic heterocycles. The summed E-state index contributed by atoms with van der Waals surface area (Å²) < 4.78 is 0. The zero-order valence-electron chi connectivity index (χ0n) is 18.7. The summed E-state index contributed by atoms with van der Waals surface area (Å²) in [6.45, 7) is 3.23. The molecule has 0 aliphatic rings. The lowest BCUT2D eigenvalue weighted by molar-refractivity contribution is -0.121. The molecule has 0 radical (unpaired) electrons. The third-order valence-electron chi connectivity index (χ3n) is 5.19. The Morgan fingerprint density at radius 1 is 1.06 bits per heavy atom. The number of tetrazole rings is 1. The fourth-order valence-corrected chi connectivity index (χ4v) is 3.41. The number of H-pyrrole nitrogens is 1. The summed E-state index contributed by atoms with van der Waals surface area (Å²) in [4.78, 5) is 27.8. The molecule has 2 N–H and O–H groups in total. The lowest BCUT2D eigenvalue weighted by Gasteiger charge is -2.28. The Balaban J connectivity index is 1.77. The highest BCUT2D eigenvalue weighted by molar-refractivity contribution is 5.84. The molecule has 1 aromatic heterocycles. The van der Waals surface area contributed by atoms with Gasteiger partial charge in [-0.3, -0.25) is 4.79 Å². The molecule has 0 aliphatic carbocycles. The third kappa shape index (κ3) is 5.69. The average molecular weight is 436 g/mol. The number of amides is 3. The van der Waals surface area contributed by atoms with Gasteiger partial charge >= 0.3 is 6.03 Å². The molecule has 0 unspecified atom stereocenters. The van der Waals surface area contributed by atoms with E-state index in [2.05, 4.69) is 32.9 Å². The van der Waals surface area contributed by atoms with Crippen molar-refractivity contribution < 1.29 is 9.59 Å². The van der Waals surface area contributed by atoms with Gasteiger partial charge in [-0.25, -0.2) is 4.79 Å². The number of nitrogens with zero attached hydrogens (tertiary/aromatic N) is 5. The Hall–Kier alpha value is -3.75. The molecule has 0 atom stereocenters. The number of aromatic nitrogens is 4. The van der Waals surface area contributed by atoms with Crippen molar-refractivity contribution in [3.63, 3.8) is 0 Å². The van der Waals surface area contributed by atoms with Crippen molar-refractivity contribution in [3.8, 4) is 22.5 Å². The highest BCUT2D eigenvalue weighted by Crippen LogP contribution is 2.29. The smallest absolute Gasteiger partial charge is 0.320 e. The second-order valence-corrected chi connectivity index (χ2v) is 7.56. The first-order chi connectivity index (χ1) is 15.5. The number of benzene rings is 2. The summed E-state index contributed by atoms with van der Waals surface area (Å²) in [6, 6.07) is 15.8. The van der Waals surface area contributed by atoms with Crippen LogP contribution in [0.4, 0.5) is 4.79 Å². The fraction of sp³-hybridized carbons (Fsp3) is 0.348. The molecule has 2 aromatic carbocycles. The minimum absolute atomic E-state index is 0.0315. The van der Waals surface area contributed by atoms with Gasteiger partial charge in [0.05, 0.1) is 0 Å². The average Bonchev–Trinajstić information content (AvgIpc) is 3.36. The Morgan fingerprint density at radius 2 is 1.78 bits per heavy atom. The quantitative estimate of drug-likeness (QED) is 0.537. The fourth-order valence-electron chi connectivity index (χ4n) is 3.41. The van der Waals surface area contributed by atoms with Gasteiger partial charge in [0.25, 0.3) is 0 Å². The van der Waals surface area contributed by atoms with Gasteiger partial charge in [0.2, 0.25) is 11.7 Å². The molecule has 0 bridgehead atoms. The number of rotatable bonds is 9. The van der Waals surface area contributed by atoms with Crippen molar-refractivity contribution >= 4 is 11.9 Å². The van der Waals surface area contributed by atoms with Crippen LogP contribution in [-0.2, 0) is 11.3 Å². The van der Waals surface area contributed by atoms with Gasteiger partial charge in [-0.1, -0.05) is 61.9 Å². The number of urea groups is 1. The summed E-state index contributed by atoms with van der Waals surface area (Å²) in [6.07, 6.45) is 1.88. The van der Waals surface area contributed by atoms with Gasteiger partial charge in [0.1, 0.15) is 6.54 Å². The predicted molar refractivity (Wildman–Crippen MR) is 122 cm³/mol. The van der Waals surface area contributed by atoms with Crippen LogP contribution in [0.5, 0.6) is 0 Å². The van der Waals surface area contributed by atoms with Gasteiger partial charge in [-0.15, -0.1) is 10.2 Å². The Bertz CT molecular complexity index is 1020. The molecule has 168 valence electrons. The van der Waals surface area contributed by atoms with E-state index in [1.165, 1.54) is 4.90 Å². The van der Waals surface area contributed by atoms with Crippen molar-refractivity contribution in [2.45, 2.75) is 26.3 Å². The molecule has 3 rings (SSSR count). The van der Waals surface area contributed by atoms with E-state index >= 15 is 0 Å². The standard InChI is InChI=1S/C23H29N7O2/c1-4-5-14-30(23(32)29(3)16-21(31)24-2)15-17-10-12-18(13-11-17)19-8-6-7-9-20(19)22-25-27-28-26-22/h6-13H,4-5,14-16H2,1-3H3,(H,24,31)(H,25,26,27,28). The van der Waals surface area contributed by atoms with Crippen LogP contribution in [0, 0.1) is 0 Å². The Kier molecular flexibility index (Phi) is 7.91. The third-order valence-corrected chi connectivity index (χ3v) is 5.19. The minimum atomic E-state index is -0.194. The van der Waals surface area contributed by atoms with Crippen LogP contribution in [-0.4, -0.2) is 69.5 Å². The zero-order chi connectivity index (χ0) is 22.9. The number of hydrogen-bond donors (Lipinski definition) is 2. The topological polar surface area (TPSA) is 107 Å². The van der Waals surface area contributed by atoms with Crippen LogP contribution in [0.3, 0.4) is 0 Å². The molecular weight excluding hydrogens is 406 g/mol. The van der Waals surface area contributed by atoms with Crippen molar-refractivity contribution in [2.24, 2.45) is 0 Å². The summed E-state index contributed by atoms with van der Waals surface area (Å²) >= 11 is 0. The van der Waals surface area contributed by atoms with Crippen LogP contribution in [0.15, 0.2) is 48.5 Å². The lowest BCUT2D eigenvalue weighted by Crippen LogP contribution is -2.45. The molecule has 1 heterocycles. The van der Waals surface area contributed by atoms with Crippen LogP contribution >= 0.6 is 0 Å². The van der Waals surface area contributed by atoms with Gasteiger partial charge in [-0.2, -0.15) is 5.21 Å². The molecule has 9 heteroatoms. The second-order valence-electron chi connectivity index (χ2n) is 7.56. The molecule has 32 heavy (non-hydrogen) atoms. The van der Waals surface area contributed by atoms with Crippen LogP contribution in [0.25, 0.3) is 22.5 Å². The van der Waals surface area contributed by atoms with Gasteiger partial charge in [0.15, 0.2) is 0 Å². The number of carbonyl (C=O) groups is 2. The molecule has 0 saturated heterocycles. The molecule has 9 nitrogen and oxygen atoms in total. The van der Waals surface area contributed by atoms with Crippen LogP contribution < -0.4 is 5.32 Å². The first-order valence-electron chi connectivity index (χ1n) is 10.7. The highest BCUT2D eigenvalue weighted by Gasteiger charge is 2.20. The van der Waals surface area contributed by atoms with E-state index in [1.54, 1.807) is 19.0 Å². The van der Waals surface area contributed by atoms with E-state index in [0.717, 1.165) is 35.1 Å². The number of hydrogen-bond acceptors (Lipinski definition) is 5. The largest absolute Gasteiger partial charge is 0.358 e. The second kappa shape index (κ2) is 11.0. The molecule has 0 spiro atoms. The molecular formula is C23H29N7O2. The first kappa shape index (κ1) is 22.9. The maximum Gasteiger partial charge on any atom is 0.320 e. The van der Waals surface area contributed by atoms with Gasteiger partial charge in [0, 0.05) is 32.7 Å². The number of likely N-dealkylation sites (N-methyl/N-ethyl adjacent to an activating group) is 2. The van der Waals surface area contributed by atoms with Crippen molar-refractivity contribution in [3.05, 3.63) is 54.1 Å². The maximum absolute atomic E-state index is 12.9. The Morgan fingerprint density at radius 3 is 2.41 bits per heavy atom. The van der Waals surface area contributed by atoms with Crippen molar-refractivity contribution in [2.75, 3.05) is 27.2 Å². The SMILES string of the molecule is CCCCN(Cc1ccc(-c2ccccc2-c2nn[nH]n2)cc1)C(=O)N(C)CC(=O)NC. The highest BCUT2D eigenvalue weighted by atomic mass is 16.2. The van der Waals surface area contributed by atoms with E-state index in [1.807, 2.05) is 48.5 Å². The molecule has 3 amide bonds.